The van der Waals surface area contributed by atoms with Gasteiger partial charge in [-0.15, -0.1) is 0 Å². The Balaban J connectivity index is 1.69. The Labute approximate surface area is 141 Å². The number of sulfonamides is 1. The van der Waals surface area contributed by atoms with Crippen LogP contribution >= 0.6 is 0 Å². The molecule has 2 atom stereocenters. The van der Waals surface area contributed by atoms with Crippen LogP contribution in [0.25, 0.3) is 0 Å². The van der Waals surface area contributed by atoms with Crippen LogP contribution in [0, 0.1) is 6.92 Å². The highest BCUT2D eigenvalue weighted by Gasteiger charge is 2.62. The van der Waals surface area contributed by atoms with Crippen molar-refractivity contribution in [3.8, 4) is 0 Å². The van der Waals surface area contributed by atoms with E-state index in [2.05, 4.69) is 0 Å². The zero-order valence-electron chi connectivity index (χ0n) is 13.6. The lowest BCUT2D eigenvalue weighted by Gasteiger charge is -2.13. The third kappa shape index (κ3) is 3.07. The first-order valence-corrected chi connectivity index (χ1v) is 9.09. The first-order chi connectivity index (χ1) is 11.3. The molecule has 0 radical (unpaired) electrons. The largest absolute Gasteiger partial charge is 0.459 e. The minimum Gasteiger partial charge on any atom is -0.459 e. The number of aryl methyl sites for hydroxylation is 1. The molecule has 0 amide bonds. The van der Waals surface area contributed by atoms with E-state index in [1.165, 1.54) is 4.31 Å². The van der Waals surface area contributed by atoms with Crippen LogP contribution in [0.3, 0.4) is 0 Å². The van der Waals surface area contributed by atoms with E-state index in [-0.39, 0.29) is 18.0 Å². The van der Waals surface area contributed by atoms with Gasteiger partial charge in [-0.3, -0.25) is 0 Å². The van der Waals surface area contributed by atoms with Crippen LogP contribution in [-0.2, 0) is 26.2 Å². The van der Waals surface area contributed by atoms with Crippen molar-refractivity contribution in [1.29, 1.82) is 0 Å². The van der Waals surface area contributed by atoms with Crippen molar-refractivity contribution in [3.63, 3.8) is 0 Å². The van der Waals surface area contributed by atoms with Crippen molar-refractivity contribution in [2.24, 2.45) is 0 Å². The molecule has 1 aliphatic heterocycles. The van der Waals surface area contributed by atoms with E-state index in [1.54, 1.807) is 31.2 Å². The molecule has 3 rings (SSSR count). The predicted molar refractivity (Wildman–Crippen MR) is 89.7 cm³/mol. The van der Waals surface area contributed by atoms with Crippen LogP contribution in [0.15, 0.2) is 59.5 Å². The van der Waals surface area contributed by atoms with Gasteiger partial charge in [0.2, 0.25) is 10.0 Å². The molecule has 6 heteroatoms. The molecule has 0 aromatic heterocycles. The molecular formula is C18H19NO4S. The Hall–Kier alpha value is -2.18. The fraction of sp³-hybridized carbons (Fsp3) is 0.278. The van der Waals surface area contributed by atoms with Gasteiger partial charge in [-0.1, -0.05) is 48.0 Å². The molecular weight excluding hydrogens is 326 g/mol. The number of hydrogen-bond donors (Lipinski definition) is 0. The lowest BCUT2D eigenvalue weighted by Crippen LogP contribution is -2.31. The Morgan fingerprint density at radius 2 is 1.75 bits per heavy atom. The molecule has 1 heterocycles. The average Bonchev–Trinajstić information content (AvgIpc) is 3.28. The highest BCUT2D eigenvalue weighted by atomic mass is 32.2. The fourth-order valence-corrected chi connectivity index (χ4v) is 4.24. The standard InChI is InChI=1S/C18H19NO4S/c1-14-8-10-16(11-9-14)24(21,22)19-13-18(19,2)17(20)23-12-15-6-4-3-5-7-15/h3-11H,12-13H2,1-2H3/t18-,19?/m1/s1. The number of rotatable bonds is 5. The number of nitrogens with zero attached hydrogens (tertiary/aromatic N) is 1. The summed E-state index contributed by atoms with van der Waals surface area (Å²) in [5.74, 6) is -0.526. The van der Waals surface area contributed by atoms with E-state index in [1.807, 2.05) is 37.3 Å². The Morgan fingerprint density at radius 1 is 1.12 bits per heavy atom. The molecule has 1 saturated heterocycles. The van der Waals surface area contributed by atoms with Gasteiger partial charge in [-0.25, -0.2) is 13.2 Å². The number of benzene rings is 2. The SMILES string of the molecule is Cc1ccc(S(=O)(=O)N2C[C@]2(C)C(=O)OCc2ccccc2)cc1. The second-order valence-corrected chi connectivity index (χ2v) is 8.02. The number of ether oxygens (including phenoxy) is 1. The Bertz CT molecular complexity index is 846. The second kappa shape index (κ2) is 6.03. The fourth-order valence-electron chi connectivity index (χ4n) is 2.48. The van der Waals surface area contributed by atoms with Crippen LogP contribution < -0.4 is 0 Å². The van der Waals surface area contributed by atoms with Crippen molar-refractivity contribution in [2.45, 2.75) is 30.9 Å². The maximum absolute atomic E-state index is 12.6. The summed E-state index contributed by atoms with van der Waals surface area (Å²) >= 11 is 0. The molecule has 0 spiro atoms. The van der Waals surface area contributed by atoms with Crippen LogP contribution in [0.2, 0.25) is 0 Å². The summed E-state index contributed by atoms with van der Waals surface area (Å²) in [5.41, 5.74) is 0.714. The normalized spacial score (nSPS) is 22.8. The van der Waals surface area contributed by atoms with Gasteiger partial charge < -0.3 is 4.74 Å². The first kappa shape index (κ1) is 16.7. The predicted octanol–water partition coefficient (Wildman–Crippen LogP) is 2.50. The number of carbonyl (C=O) groups is 1. The first-order valence-electron chi connectivity index (χ1n) is 7.65. The Morgan fingerprint density at radius 3 is 2.38 bits per heavy atom. The van der Waals surface area contributed by atoms with Gasteiger partial charge in [0.15, 0.2) is 0 Å². The summed E-state index contributed by atoms with van der Waals surface area (Å²) in [7, 11) is -3.69. The maximum atomic E-state index is 12.6. The van der Waals surface area contributed by atoms with Gasteiger partial charge in [0, 0.05) is 6.54 Å². The molecule has 126 valence electrons. The lowest BCUT2D eigenvalue weighted by molar-refractivity contribution is -0.148. The van der Waals surface area contributed by atoms with Gasteiger partial charge in [0.1, 0.15) is 12.1 Å². The summed E-state index contributed by atoms with van der Waals surface area (Å²) in [4.78, 5) is 12.5. The van der Waals surface area contributed by atoms with Gasteiger partial charge in [0.25, 0.3) is 0 Å². The summed E-state index contributed by atoms with van der Waals surface area (Å²) in [6.07, 6.45) is 0. The highest BCUT2D eigenvalue weighted by molar-refractivity contribution is 7.89. The summed E-state index contributed by atoms with van der Waals surface area (Å²) in [6.45, 7) is 3.75. The molecule has 0 aliphatic carbocycles. The third-order valence-corrected chi connectivity index (χ3v) is 6.14. The van der Waals surface area contributed by atoms with Gasteiger partial charge in [0.05, 0.1) is 4.90 Å². The molecule has 1 aliphatic rings. The van der Waals surface area contributed by atoms with E-state index >= 15 is 0 Å². The third-order valence-electron chi connectivity index (χ3n) is 4.16. The quantitative estimate of drug-likeness (QED) is 0.617. The molecule has 5 nitrogen and oxygen atoms in total. The van der Waals surface area contributed by atoms with E-state index in [4.69, 9.17) is 4.74 Å². The molecule has 2 aromatic rings. The van der Waals surface area contributed by atoms with Crippen molar-refractivity contribution in [1.82, 2.24) is 4.31 Å². The zero-order chi connectivity index (χ0) is 17.4. The second-order valence-electron chi connectivity index (χ2n) is 6.16. The van der Waals surface area contributed by atoms with Gasteiger partial charge in [-0.05, 0) is 31.5 Å². The van der Waals surface area contributed by atoms with Crippen LogP contribution in [0.4, 0.5) is 0 Å². The van der Waals surface area contributed by atoms with E-state index in [0.29, 0.717) is 0 Å². The molecule has 0 bridgehead atoms. The number of hydrogen-bond acceptors (Lipinski definition) is 4. The van der Waals surface area contributed by atoms with Crippen molar-refractivity contribution < 1.29 is 17.9 Å². The van der Waals surface area contributed by atoms with Gasteiger partial charge >= 0.3 is 5.97 Å². The van der Waals surface area contributed by atoms with E-state index < -0.39 is 21.5 Å². The van der Waals surface area contributed by atoms with Crippen molar-refractivity contribution in [2.75, 3.05) is 6.54 Å². The maximum Gasteiger partial charge on any atom is 0.329 e. The minimum absolute atomic E-state index is 0.133. The summed E-state index contributed by atoms with van der Waals surface area (Å²) in [6, 6.07) is 15.9. The zero-order valence-corrected chi connectivity index (χ0v) is 14.4. The van der Waals surface area contributed by atoms with Crippen LogP contribution in [0.5, 0.6) is 0 Å². The molecule has 1 fully saturated rings. The van der Waals surface area contributed by atoms with Gasteiger partial charge in [-0.2, -0.15) is 4.31 Å². The Kier molecular flexibility index (Phi) is 4.19. The smallest absolute Gasteiger partial charge is 0.329 e. The highest BCUT2D eigenvalue weighted by Crippen LogP contribution is 2.39. The average molecular weight is 345 g/mol. The lowest BCUT2D eigenvalue weighted by atomic mass is 10.2. The molecule has 0 saturated carbocycles. The molecule has 24 heavy (non-hydrogen) atoms. The molecule has 2 aromatic carbocycles. The summed E-state index contributed by atoms with van der Waals surface area (Å²) in [5, 5.41) is 0. The number of esters is 1. The minimum atomic E-state index is -3.69. The number of carbonyl (C=O) groups excluding carboxylic acids is 1. The van der Waals surface area contributed by atoms with Crippen LogP contribution in [-0.4, -0.2) is 30.8 Å². The van der Waals surface area contributed by atoms with Crippen molar-refractivity contribution in [3.05, 3.63) is 65.7 Å². The molecule has 1 unspecified atom stereocenters. The molecule has 0 N–H and O–H groups in total. The van der Waals surface area contributed by atoms with E-state index in [0.717, 1.165) is 11.1 Å². The topological polar surface area (TPSA) is 63.5 Å². The van der Waals surface area contributed by atoms with Crippen molar-refractivity contribution >= 4 is 16.0 Å². The van der Waals surface area contributed by atoms with Crippen LogP contribution in [0.1, 0.15) is 18.1 Å². The van der Waals surface area contributed by atoms with E-state index in [9.17, 15) is 13.2 Å². The summed E-state index contributed by atoms with van der Waals surface area (Å²) < 4.78 is 31.7. The monoisotopic (exact) mass is 345 g/mol.